The standard InChI is InChI=1S/C15H10Cl2N2/c16-8-5-6-12-10(7-8)14-15(19-12)13(17)9-3-1-2-4-11(9)18-14/h1-6,11,18H,7H2. The van der Waals surface area contributed by atoms with Crippen LogP contribution in [0.3, 0.4) is 0 Å². The van der Waals surface area contributed by atoms with Crippen molar-refractivity contribution in [3.8, 4) is 0 Å². The van der Waals surface area contributed by atoms with Gasteiger partial charge in [0.05, 0.1) is 22.5 Å². The van der Waals surface area contributed by atoms with E-state index in [0.717, 1.165) is 38.3 Å². The van der Waals surface area contributed by atoms with E-state index in [2.05, 4.69) is 16.4 Å². The fraction of sp³-hybridized carbons (Fsp3) is 0.133. The molecule has 1 unspecified atom stereocenters. The third-order valence-corrected chi connectivity index (χ3v) is 4.29. The molecule has 0 radical (unpaired) electrons. The van der Waals surface area contributed by atoms with Gasteiger partial charge < -0.3 is 5.32 Å². The number of aliphatic imine (C=N–C) groups is 1. The van der Waals surface area contributed by atoms with Gasteiger partial charge in [0, 0.05) is 17.0 Å². The maximum Gasteiger partial charge on any atom is 0.106 e. The molecular formula is C15H10Cl2N2. The van der Waals surface area contributed by atoms with Crippen molar-refractivity contribution in [1.82, 2.24) is 5.32 Å². The van der Waals surface area contributed by atoms with Crippen molar-refractivity contribution in [2.75, 3.05) is 0 Å². The van der Waals surface area contributed by atoms with Crippen molar-refractivity contribution >= 4 is 28.9 Å². The molecule has 0 amide bonds. The fourth-order valence-electron chi connectivity index (χ4n) is 2.71. The molecule has 4 aliphatic rings. The quantitative estimate of drug-likeness (QED) is 0.722. The molecule has 0 bridgehead atoms. The summed E-state index contributed by atoms with van der Waals surface area (Å²) < 4.78 is 0. The van der Waals surface area contributed by atoms with Crippen LogP contribution in [0.2, 0.25) is 0 Å². The molecule has 2 aliphatic carbocycles. The van der Waals surface area contributed by atoms with Crippen LogP contribution in [0, 0.1) is 0 Å². The average Bonchev–Trinajstić information content (AvgIpc) is 2.78. The third kappa shape index (κ3) is 1.60. The molecule has 1 N–H and O–H groups in total. The Hall–Kier alpha value is -1.51. The van der Waals surface area contributed by atoms with Crippen LogP contribution in [0.4, 0.5) is 0 Å². The first-order chi connectivity index (χ1) is 9.24. The zero-order valence-corrected chi connectivity index (χ0v) is 11.5. The first kappa shape index (κ1) is 11.3. The Kier molecular flexibility index (Phi) is 2.38. The smallest absolute Gasteiger partial charge is 0.106 e. The van der Waals surface area contributed by atoms with Crippen LogP contribution < -0.4 is 5.32 Å². The highest BCUT2D eigenvalue weighted by Gasteiger charge is 2.34. The van der Waals surface area contributed by atoms with E-state index >= 15 is 0 Å². The van der Waals surface area contributed by atoms with E-state index < -0.39 is 0 Å². The summed E-state index contributed by atoms with van der Waals surface area (Å²) in [5.74, 6) is 0. The highest BCUT2D eigenvalue weighted by molar-refractivity contribution is 6.48. The summed E-state index contributed by atoms with van der Waals surface area (Å²) >= 11 is 12.6. The van der Waals surface area contributed by atoms with Crippen molar-refractivity contribution in [3.05, 3.63) is 69.1 Å². The maximum atomic E-state index is 6.50. The number of hydrogen-bond donors (Lipinski definition) is 1. The molecule has 1 atom stereocenters. The normalized spacial score (nSPS) is 27.3. The van der Waals surface area contributed by atoms with Crippen LogP contribution in [0.5, 0.6) is 0 Å². The Morgan fingerprint density at radius 1 is 1.21 bits per heavy atom. The molecule has 2 aliphatic heterocycles. The predicted molar refractivity (Wildman–Crippen MR) is 79.2 cm³/mol. The lowest BCUT2D eigenvalue weighted by Crippen LogP contribution is -2.37. The third-order valence-electron chi connectivity index (χ3n) is 3.63. The second kappa shape index (κ2) is 3.99. The Labute approximate surface area is 121 Å². The summed E-state index contributed by atoms with van der Waals surface area (Å²) in [4.78, 5) is 4.63. The minimum atomic E-state index is 0.128. The van der Waals surface area contributed by atoms with Crippen molar-refractivity contribution in [3.63, 3.8) is 0 Å². The lowest BCUT2D eigenvalue weighted by Gasteiger charge is -2.28. The van der Waals surface area contributed by atoms with Gasteiger partial charge in [0.1, 0.15) is 5.71 Å². The molecule has 0 aromatic carbocycles. The van der Waals surface area contributed by atoms with Crippen LogP contribution in [0.15, 0.2) is 74.1 Å². The van der Waals surface area contributed by atoms with Crippen molar-refractivity contribution < 1.29 is 0 Å². The van der Waals surface area contributed by atoms with Gasteiger partial charge in [0.2, 0.25) is 0 Å². The Morgan fingerprint density at radius 3 is 3.00 bits per heavy atom. The monoisotopic (exact) mass is 288 g/mol. The van der Waals surface area contributed by atoms with Crippen molar-refractivity contribution in [1.29, 1.82) is 0 Å². The maximum absolute atomic E-state index is 6.50. The Morgan fingerprint density at radius 2 is 2.11 bits per heavy atom. The molecule has 0 aromatic rings. The lowest BCUT2D eigenvalue weighted by atomic mass is 9.93. The number of halogens is 2. The van der Waals surface area contributed by atoms with Gasteiger partial charge in [-0.15, -0.1) is 0 Å². The van der Waals surface area contributed by atoms with Gasteiger partial charge >= 0.3 is 0 Å². The first-order valence-electron chi connectivity index (χ1n) is 6.14. The SMILES string of the molecule is ClC1=CC=C2N=C3C(Cl)=C4C=CC=CC4NC3=C2C1. The van der Waals surface area contributed by atoms with Crippen molar-refractivity contribution in [2.45, 2.75) is 12.5 Å². The van der Waals surface area contributed by atoms with Crippen LogP contribution in [-0.4, -0.2) is 11.8 Å². The van der Waals surface area contributed by atoms with E-state index in [9.17, 15) is 0 Å². The van der Waals surface area contributed by atoms with Gasteiger partial charge in [-0.1, -0.05) is 47.5 Å². The Bertz CT molecular complexity index is 700. The zero-order chi connectivity index (χ0) is 13.0. The number of hydrogen-bond acceptors (Lipinski definition) is 2. The predicted octanol–water partition coefficient (Wildman–Crippen LogP) is 3.70. The van der Waals surface area contributed by atoms with E-state index in [4.69, 9.17) is 23.2 Å². The van der Waals surface area contributed by atoms with Crippen LogP contribution in [-0.2, 0) is 0 Å². The molecule has 94 valence electrons. The lowest BCUT2D eigenvalue weighted by molar-refractivity contribution is 0.767. The summed E-state index contributed by atoms with van der Waals surface area (Å²) in [6.07, 6.45) is 12.7. The molecule has 0 aromatic heterocycles. The van der Waals surface area contributed by atoms with Gasteiger partial charge in [-0.25, -0.2) is 4.99 Å². The summed E-state index contributed by atoms with van der Waals surface area (Å²) in [6, 6.07) is 0.128. The first-order valence-corrected chi connectivity index (χ1v) is 6.90. The van der Waals surface area contributed by atoms with Gasteiger partial charge in [-0.05, 0) is 17.7 Å². The summed E-state index contributed by atoms with van der Waals surface area (Å²) in [5.41, 5.74) is 5.05. The number of rotatable bonds is 0. The van der Waals surface area contributed by atoms with E-state index in [-0.39, 0.29) is 6.04 Å². The summed E-state index contributed by atoms with van der Waals surface area (Å²) in [7, 11) is 0. The molecule has 0 saturated carbocycles. The second-order valence-electron chi connectivity index (χ2n) is 4.79. The van der Waals surface area contributed by atoms with Gasteiger partial charge in [0.15, 0.2) is 0 Å². The molecule has 2 nitrogen and oxygen atoms in total. The molecular weight excluding hydrogens is 279 g/mol. The molecule has 19 heavy (non-hydrogen) atoms. The minimum Gasteiger partial charge on any atom is -0.373 e. The number of allylic oxidation sites excluding steroid dienone is 7. The number of fused-ring (bicyclic) bond motifs is 3. The minimum absolute atomic E-state index is 0.128. The number of nitrogens with zero attached hydrogens (tertiary/aromatic N) is 1. The molecule has 0 spiro atoms. The second-order valence-corrected chi connectivity index (χ2v) is 5.65. The van der Waals surface area contributed by atoms with E-state index in [0.29, 0.717) is 6.42 Å². The van der Waals surface area contributed by atoms with E-state index in [1.54, 1.807) is 0 Å². The molecule has 0 fully saturated rings. The highest BCUT2D eigenvalue weighted by atomic mass is 35.5. The van der Waals surface area contributed by atoms with E-state index in [1.165, 1.54) is 0 Å². The van der Waals surface area contributed by atoms with Gasteiger partial charge in [0.25, 0.3) is 0 Å². The zero-order valence-electron chi connectivity index (χ0n) is 9.95. The summed E-state index contributed by atoms with van der Waals surface area (Å²) in [6.45, 7) is 0. The molecule has 4 heteroatoms. The molecule has 0 saturated heterocycles. The largest absolute Gasteiger partial charge is 0.373 e. The summed E-state index contributed by atoms with van der Waals surface area (Å²) in [5, 5.41) is 5.07. The van der Waals surface area contributed by atoms with E-state index in [1.807, 2.05) is 30.4 Å². The van der Waals surface area contributed by atoms with Gasteiger partial charge in [-0.3, -0.25) is 0 Å². The van der Waals surface area contributed by atoms with Crippen LogP contribution in [0.25, 0.3) is 0 Å². The van der Waals surface area contributed by atoms with Crippen LogP contribution in [0.1, 0.15) is 6.42 Å². The highest BCUT2D eigenvalue weighted by Crippen LogP contribution is 2.40. The fourth-order valence-corrected chi connectivity index (χ4v) is 3.23. The van der Waals surface area contributed by atoms with Gasteiger partial charge in [-0.2, -0.15) is 0 Å². The Balaban J connectivity index is 1.89. The number of nitrogens with one attached hydrogen (secondary N) is 1. The molecule has 2 heterocycles. The topological polar surface area (TPSA) is 24.4 Å². The molecule has 4 rings (SSSR count). The van der Waals surface area contributed by atoms with Crippen molar-refractivity contribution in [2.24, 2.45) is 4.99 Å². The average molecular weight is 289 g/mol. The van der Waals surface area contributed by atoms with Crippen LogP contribution >= 0.6 is 23.2 Å².